The first-order valence-corrected chi connectivity index (χ1v) is 8.08. The molecule has 1 amide bonds. The summed E-state index contributed by atoms with van der Waals surface area (Å²) in [6, 6.07) is 7.87. The second kappa shape index (κ2) is 8.63. The van der Waals surface area contributed by atoms with Crippen LogP contribution < -0.4 is 20.5 Å². The number of amides is 1. The van der Waals surface area contributed by atoms with Crippen molar-refractivity contribution in [2.45, 2.75) is 51.1 Å². The highest BCUT2D eigenvalue weighted by Gasteiger charge is 2.19. The van der Waals surface area contributed by atoms with Crippen LogP contribution in [-0.4, -0.2) is 31.2 Å². The van der Waals surface area contributed by atoms with E-state index in [0.717, 1.165) is 37.9 Å². The molecule has 122 valence electrons. The molecule has 2 rings (SSSR count). The normalized spacial score (nSPS) is 21.2. The fourth-order valence-electron chi connectivity index (χ4n) is 2.53. The molecule has 0 saturated heterocycles. The Morgan fingerprint density at radius 3 is 2.32 bits per heavy atom. The number of hydrogen-bond acceptors (Lipinski definition) is 4. The maximum atomic E-state index is 11.9. The van der Waals surface area contributed by atoms with Crippen LogP contribution in [0, 0.1) is 0 Å². The molecule has 0 aromatic heterocycles. The van der Waals surface area contributed by atoms with E-state index in [9.17, 15) is 4.79 Å². The minimum Gasteiger partial charge on any atom is -0.494 e. The molecule has 1 aromatic carbocycles. The monoisotopic (exact) mass is 306 g/mol. The molecule has 1 saturated carbocycles. The number of nitrogens with two attached hydrogens (primary N) is 1. The Hall–Kier alpha value is -1.75. The maximum absolute atomic E-state index is 11.9. The average Bonchev–Trinajstić information content (AvgIpc) is 2.54. The lowest BCUT2D eigenvalue weighted by molar-refractivity contribution is -0.124. The molecule has 1 aliphatic carbocycles. The Bertz CT molecular complexity index is 453. The topological polar surface area (TPSA) is 73.6 Å². The molecule has 0 radical (unpaired) electrons. The van der Waals surface area contributed by atoms with Gasteiger partial charge in [0, 0.05) is 12.1 Å². The average molecular weight is 306 g/mol. The number of carbonyl (C=O) groups excluding carboxylic acids is 1. The van der Waals surface area contributed by atoms with Gasteiger partial charge in [-0.15, -0.1) is 0 Å². The van der Waals surface area contributed by atoms with Crippen LogP contribution in [0.5, 0.6) is 11.5 Å². The molecule has 1 aliphatic rings. The number of benzene rings is 1. The second-order valence-electron chi connectivity index (χ2n) is 5.79. The molecule has 5 nitrogen and oxygen atoms in total. The van der Waals surface area contributed by atoms with Crippen molar-refractivity contribution in [3.63, 3.8) is 0 Å². The van der Waals surface area contributed by atoms with E-state index in [2.05, 4.69) is 12.2 Å². The van der Waals surface area contributed by atoms with E-state index in [0.29, 0.717) is 12.4 Å². The smallest absolute Gasteiger partial charge is 0.258 e. The molecule has 0 bridgehead atoms. The van der Waals surface area contributed by atoms with E-state index in [1.807, 2.05) is 24.3 Å². The van der Waals surface area contributed by atoms with Crippen molar-refractivity contribution in [1.82, 2.24) is 5.32 Å². The number of ether oxygens (including phenoxy) is 2. The first-order valence-electron chi connectivity index (χ1n) is 8.08. The molecular weight excluding hydrogens is 280 g/mol. The van der Waals surface area contributed by atoms with Gasteiger partial charge in [0.2, 0.25) is 0 Å². The van der Waals surface area contributed by atoms with Crippen molar-refractivity contribution in [2.75, 3.05) is 13.2 Å². The van der Waals surface area contributed by atoms with Gasteiger partial charge in [-0.25, -0.2) is 0 Å². The third-order valence-electron chi connectivity index (χ3n) is 3.80. The molecule has 0 unspecified atom stereocenters. The summed E-state index contributed by atoms with van der Waals surface area (Å²) in [5.74, 6) is 1.41. The lowest BCUT2D eigenvalue weighted by atomic mass is 9.92. The van der Waals surface area contributed by atoms with Gasteiger partial charge in [0.15, 0.2) is 6.61 Å². The summed E-state index contributed by atoms with van der Waals surface area (Å²) in [7, 11) is 0. The zero-order valence-corrected chi connectivity index (χ0v) is 13.2. The standard InChI is InChI=1S/C17H26N2O3/c1-2-11-21-15-7-9-16(10-8-15)22-12-17(20)19-14-5-3-13(18)4-6-14/h7-10,13-14H,2-6,11-12,18H2,1H3,(H,19,20). The van der Waals surface area contributed by atoms with Crippen molar-refractivity contribution in [3.05, 3.63) is 24.3 Å². The predicted molar refractivity (Wildman–Crippen MR) is 86.1 cm³/mol. The number of rotatable bonds is 7. The van der Waals surface area contributed by atoms with Crippen LogP contribution >= 0.6 is 0 Å². The summed E-state index contributed by atoms with van der Waals surface area (Å²) in [5, 5.41) is 3.00. The Labute approximate surface area is 132 Å². The first kappa shape index (κ1) is 16.6. The van der Waals surface area contributed by atoms with Gasteiger partial charge >= 0.3 is 0 Å². The maximum Gasteiger partial charge on any atom is 0.258 e. The fraction of sp³-hybridized carbons (Fsp3) is 0.588. The quantitative estimate of drug-likeness (QED) is 0.810. The van der Waals surface area contributed by atoms with Crippen LogP contribution in [-0.2, 0) is 4.79 Å². The van der Waals surface area contributed by atoms with Crippen molar-refractivity contribution in [2.24, 2.45) is 5.73 Å². The lowest BCUT2D eigenvalue weighted by Crippen LogP contribution is -2.42. The van der Waals surface area contributed by atoms with Crippen LogP contribution in [0.25, 0.3) is 0 Å². The van der Waals surface area contributed by atoms with E-state index >= 15 is 0 Å². The van der Waals surface area contributed by atoms with Gasteiger partial charge in [-0.3, -0.25) is 4.79 Å². The van der Waals surface area contributed by atoms with Crippen molar-refractivity contribution in [3.8, 4) is 11.5 Å². The summed E-state index contributed by atoms with van der Waals surface area (Å²) < 4.78 is 11.0. The van der Waals surface area contributed by atoms with E-state index in [4.69, 9.17) is 15.2 Å². The van der Waals surface area contributed by atoms with Gasteiger partial charge in [-0.05, 0) is 56.4 Å². The molecule has 0 aliphatic heterocycles. The Kier molecular flexibility index (Phi) is 6.52. The summed E-state index contributed by atoms with van der Waals surface area (Å²) in [6.45, 7) is 2.81. The van der Waals surface area contributed by atoms with Gasteiger partial charge in [0.1, 0.15) is 11.5 Å². The Morgan fingerprint density at radius 1 is 1.14 bits per heavy atom. The van der Waals surface area contributed by atoms with Crippen LogP contribution in [0.4, 0.5) is 0 Å². The van der Waals surface area contributed by atoms with E-state index < -0.39 is 0 Å². The highest BCUT2D eigenvalue weighted by atomic mass is 16.5. The van der Waals surface area contributed by atoms with Gasteiger partial charge in [0.05, 0.1) is 6.61 Å². The predicted octanol–water partition coefficient (Wildman–Crippen LogP) is 2.24. The third kappa shape index (κ3) is 5.56. The molecule has 0 atom stereocenters. The molecule has 5 heteroatoms. The molecule has 1 aromatic rings. The van der Waals surface area contributed by atoms with E-state index in [-0.39, 0.29) is 24.6 Å². The van der Waals surface area contributed by atoms with Gasteiger partial charge in [0.25, 0.3) is 5.91 Å². The highest BCUT2D eigenvalue weighted by Crippen LogP contribution is 2.18. The summed E-state index contributed by atoms with van der Waals surface area (Å²) in [4.78, 5) is 11.9. The number of carbonyl (C=O) groups is 1. The van der Waals surface area contributed by atoms with Crippen LogP contribution in [0.2, 0.25) is 0 Å². The fourth-order valence-corrected chi connectivity index (χ4v) is 2.53. The summed E-state index contributed by atoms with van der Waals surface area (Å²) >= 11 is 0. The number of nitrogens with one attached hydrogen (secondary N) is 1. The molecule has 3 N–H and O–H groups in total. The number of hydrogen-bond donors (Lipinski definition) is 2. The zero-order chi connectivity index (χ0) is 15.8. The SMILES string of the molecule is CCCOc1ccc(OCC(=O)NC2CCC(N)CC2)cc1. The van der Waals surface area contributed by atoms with Crippen molar-refractivity contribution >= 4 is 5.91 Å². The largest absolute Gasteiger partial charge is 0.494 e. The van der Waals surface area contributed by atoms with Crippen LogP contribution in [0.15, 0.2) is 24.3 Å². The zero-order valence-electron chi connectivity index (χ0n) is 13.2. The van der Waals surface area contributed by atoms with E-state index in [1.54, 1.807) is 0 Å². The van der Waals surface area contributed by atoms with Crippen molar-refractivity contribution in [1.29, 1.82) is 0 Å². The molecule has 0 spiro atoms. The minimum atomic E-state index is -0.0771. The first-order chi connectivity index (χ1) is 10.7. The van der Waals surface area contributed by atoms with Gasteiger partial charge in [-0.2, -0.15) is 0 Å². The second-order valence-corrected chi connectivity index (χ2v) is 5.79. The van der Waals surface area contributed by atoms with E-state index in [1.165, 1.54) is 0 Å². The summed E-state index contributed by atoms with van der Waals surface area (Å²) in [5.41, 5.74) is 5.86. The van der Waals surface area contributed by atoms with Crippen molar-refractivity contribution < 1.29 is 14.3 Å². The minimum absolute atomic E-state index is 0.0394. The lowest BCUT2D eigenvalue weighted by Gasteiger charge is -2.26. The van der Waals surface area contributed by atoms with Gasteiger partial charge < -0.3 is 20.5 Å². The van der Waals surface area contributed by atoms with Crippen LogP contribution in [0.3, 0.4) is 0 Å². The molecule has 22 heavy (non-hydrogen) atoms. The Morgan fingerprint density at radius 2 is 1.73 bits per heavy atom. The molecular formula is C17H26N2O3. The van der Waals surface area contributed by atoms with Gasteiger partial charge in [-0.1, -0.05) is 6.92 Å². The summed E-state index contributed by atoms with van der Waals surface area (Å²) in [6.07, 6.45) is 4.84. The van der Waals surface area contributed by atoms with Crippen LogP contribution in [0.1, 0.15) is 39.0 Å². The Balaban J connectivity index is 1.69. The third-order valence-corrected chi connectivity index (χ3v) is 3.80. The molecule has 1 fully saturated rings. The highest BCUT2D eigenvalue weighted by molar-refractivity contribution is 5.77. The molecule has 0 heterocycles.